The molecule has 0 bridgehead atoms. The van der Waals surface area contributed by atoms with Gasteiger partial charge in [-0.3, -0.25) is 52.7 Å². The lowest BCUT2D eigenvalue weighted by Gasteiger charge is -2.41. The van der Waals surface area contributed by atoms with E-state index in [1.165, 1.54) is 85.5 Å². The molecule has 1 heterocycles. The minimum Gasteiger partial charge on any atom is -0.390 e. The van der Waals surface area contributed by atoms with Crippen molar-refractivity contribution in [2.24, 2.45) is 53.3 Å². The molecule has 1 fully saturated rings. The highest BCUT2D eigenvalue weighted by molar-refractivity contribution is 6.00. The standard InChI is InChI=1S/C65H115N9O12/c1-26-29-30-42(16)56(77)55-51(76)35-46(27-2)61(82)68(20)45(19)60(81)74(28-3)53(40(12)13)58(79)67-52(39(10)11)64(85)69(21)47(31-36(4)5)57(78)66-44(18)50(75)34-43(17)59(80)70(22)48(32-37(6)7)62(83)71(23)49(33-38(8)9)63(84)72(24)54(41(14)15)65(86)73(55)25/h26,29,36-49,52-56,77H,27-28,30-35H2,1-25H3,(H,66,78)(H,67,79)/b29-26+/t42-,43+,44+,45-,46-,47+,48+,49+,52+,53+,54?,55-,56-/m1/s1. The van der Waals surface area contributed by atoms with Crippen LogP contribution < -0.4 is 10.6 Å². The molecule has 492 valence electrons. The normalized spacial score (nSPS) is 27.8. The molecule has 0 aliphatic carbocycles. The van der Waals surface area contributed by atoms with E-state index in [0.29, 0.717) is 6.42 Å². The third kappa shape index (κ3) is 20.7. The van der Waals surface area contributed by atoms with Crippen molar-refractivity contribution in [2.45, 2.75) is 237 Å². The van der Waals surface area contributed by atoms with Crippen molar-refractivity contribution in [3.8, 4) is 0 Å². The van der Waals surface area contributed by atoms with Crippen molar-refractivity contribution in [1.82, 2.24) is 44.9 Å². The summed E-state index contributed by atoms with van der Waals surface area (Å²) < 4.78 is 0. The molecular weight excluding hydrogens is 1100 g/mol. The summed E-state index contributed by atoms with van der Waals surface area (Å²) in [4.78, 5) is 171. The van der Waals surface area contributed by atoms with Gasteiger partial charge in [0.05, 0.1) is 12.1 Å². The number of ketones is 2. The summed E-state index contributed by atoms with van der Waals surface area (Å²) in [7, 11) is 8.73. The van der Waals surface area contributed by atoms with Gasteiger partial charge in [-0.05, 0) is 101 Å². The molecular formula is C65H115N9O12. The van der Waals surface area contributed by atoms with E-state index in [2.05, 4.69) is 10.6 Å². The Morgan fingerprint density at radius 1 is 0.488 bits per heavy atom. The van der Waals surface area contributed by atoms with Crippen molar-refractivity contribution >= 4 is 64.7 Å². The third-order valence-electron chi connectivity index (χ3n) is 17.2. The number of rotatable bonds is 15. The van der Waals surface area contributed by atoms with E-state index in [1.54, 1.807) is 75.3 Å². The van der Waals surface area contributed by atoms with Crippen molar-refractivity contribution in [3.05, 3.63) is 12.2 Å². The van der Waals surface area contributed by atoms with Gasteiger partial charge in [-0.2, -0.15) is 0 Å². The molecule has 21 heteroatoms. The molecule has 1 unspecified atom stereocenters. The second-order valence-electron chi connectivity index (χ2n) is 26.8. The zero-order valence-electron chi connectivity index (χ0n) is 57.3. The van der Waals surface area contributed by atoms with Gasteiger partial charge in [-0.25, -0.2) is 0 Å². The molecule has 0 aromatic carbocycles. The largest absolute Gasteiger partial charge is 0.390 e. The number of amides is 9. The molecule has 86 heavy (non-hydrogen) atoms. The summed E-state index contributed by atoms with van der Waals surface area (Å²) in [5, 5.41) is 17.9. The lowest BCUT2D eigenvalue weighted by atomic mass is 9.86. The van der Waals surface area contributed by atoms with Crippen LogP contribution in [-0.2, 0) is 52.7 Å². The van der Waals surface area contributed by atoms with Crippen molar-refractivity contribution < 1.29 is 57.8 Å². The maximum absolute atomic E-state index is 15.2. The van der Waals surface area contributed by atoms with Crippen LogP contribution in [0.25, 0.3) is 0 Å². The molecule has 1 saturated heterocycles. The minimum atomic E-state index is -1.50. The lowest BCUT2D eigenvalue weighted by molar-refractivity contribution is -0.157. The van der Waals surface area contributed by atoms with E-state index >= 15 is 19.2 Å². The first-order valence-corrected chi connectivity index (χ1v) is 31.6. The fourth-order valence-electron chi connectivity index (χ4n) is 11.6. The SMILES string of the molecule is C/C=C/C[C@@H](C)[C@@H](O)[C@H]1C(=O)C[C@@H](CC)C(=O)N(C)[C@H](C)C(=O)N(CC)[C@@H](C(C)C)C(=O)N[C@@H](C(C)C)C(=O)N(C)[C@@H](CC(C)C)C(=O)N[C@@H](C)C(=O)C[C@H](C)C(=O)N(C)[C@@H](CC(C)C)C(=O)N(C)[C@@H](CC(C)C)C(=O)N(C)C(C(C)C)C(=O)N1C. The molecule has 0 saturated carbocycles. The number of aliphatic hydroxyl groups is 1. The van der Waals surface area contributed by atoms with Crippen LogP contribution in [0.2, 0.25) is 0 Å². The summed E-state index contributed by atoms with van der Waals surface area (Å²) in [5.74, 6) is -11.0. The van der Waals surface area contributed by atoms with Crippen molar-refractivity contribution in [1.29, 1.82) is 0 Å². The topological polar surface area (TPSA) is 255 Å². The summed E-state index contributed by atoms with van der Waals surface area (Å²) in [5.41, 5.74) is 0. The fourth-order valence-corrected chi connectivity index (χ4v) is 11.6. The number of carbonyl (C=O) groups is 11. The predicted octanol–water partition coefficient (Wildman–Crippen LogP) is 5.84. The average Bonchev–Trinajstić information content (AvgIpc) is 1.38. The zero-order chi connectivity index (χ0) is 66.8. The Bertz CT molecular complexity index is 2360. The van der Waals surface area contributed by atoms with Gasteiger partial charge in [-0.1, -0.05) is 116 Å². The number of carbonyl (C=O) groups excluding carboxylic acids is 11. The average molecular weight is 1210 g/mol. The molecule has 0 spiro atoms. The number of hydrogen-bond acceptors (Lipinski definition) is 12. The quantitative estimate of drug-likeness (QED) is 0.164. The molecule has 1 rings (SSSR count). The highest BCUT2D eigenvalue weighted by Gasteiger charge is 2.46. The Morgan fingerprint density at radius 2 is 0.942 bits per heavy atom. The number of Topliss-reactive ketones (excluding diaryl/α,β-unsaturated/α-hetero) is 2. The monoisotopic (exact) mass is 1210 g/mol. The fraction of sp³-hybridized carbons (Fsp3) is 0.800. The molecule has 1 aliphatic rings. The second kappa shape index (κ2) is 35.3. The maximum atomic E-state index is 15.2. The van der Waals surface area contributed by atoms with E-state index in [9.17, 15) is 38.7 Å². The molecule has 0 aromatic heterocycles. The van der Waals surface area contributed by atoms with Gasteiger partial charge in [0.2, 0.25) is 53.2 Å². The lowest BCUT2D eigenvalue weighted by Crippen LogP contribution is -2.62. The van der Waals surface area contributed by atoms with Crippen LogP contribution in [0.15, 0.2) is 12.2 Å². The van der Waals surface area contributed by atoms with Gasteiger partial charge < -0.3 is 50.0 Å². The Labute approximate surface area is 516 Å². The Hall–Kier alpha value is -5.73. The Morgan fingerprint density at radius 3 is 1.38 bits per heavy atom. The molecule has 0 aromatic rings. The third-order valence-corrected chi connectivity index (χ3v) is 17.2. The first-order valence-electron chi connectivity index (χ1n) is 31.6. The first-order chi connectivity index (χ1) is 39.7. The van der Waals surface area contributed by atoms with Crippen LogP contribution in [0.1, 0.15) is 176 Å². The molecule has 3 N–H and O–H groups in total. The Balaban J connectivity index is 4.39. The van der Waals surface area contributed by atoms with Crippen LogP contribution in [0, 0.1) is 53.3 Å². The predicted molar refractivity (Wildman–Crippen MR) is 335 cm³/mol. The van der Waals surface area contributed by atoms with E-state index < -0.39 is 167 Å². The van der Waals surface area contributed by atoms with Crippen molar-refractivity contribution in [3.63, 3.8) is 0 Å². The number of nitrogens with one attached hydrogen (secondary N) is 2. The van der Waals surface area contributed by atoms with Gasteiger partial charge in [0.1, 0.15) is 48.3 Å². The number of likely N-dealkylation sites (N-methyl/N-ethyl adjacent to an activating group) is 7. The van der Waals surface area contributed by atoms with Crippen LogP contribution >= 0.6 is 0 Å². The summed E-state index contributed by atoms with van der Waals surface area (Å²) in [6.07, 6.45) is 2.46. The van der Waals surface area contributed by atoms with E-state index in [1.807, 2.05) is 54.5 Å². The highest BCUT2D eigenvalue weighted by Crippen LogP contribution is 2.28. The molecule has 21 nitrogen and oxygen atoms in total. The number of hydrogen-bond donors (Lipinski definition) is 3. The van der Waals surface area contributed by atoms with Gasteiger partial charge in [0.25, 0.3) is 0 Å². The van der Waals surface area contributed by atoms with Crippen LogP contribution in [0.4, 0.5) is 0 Å². The van der Waals surface area contributed by atoms with Gasteiger partial charge in [0.15, 0.2) is 11.6 Å². The molecule has 0 radical (unpaired) electrons. The first kappa shape index (κ1) is 78.3. The summed E-state index contributed by atoms with van der Waals surface area (Å²) >= 11 is 0. The smallest absolute Gasteiger partial charge is 0.246 e. The van der Waals surface area contributed by atoms with Gasteiger partial charge >= 0.3 is 0 Å². The minimum absolute atomic E-state index is 0.0316. The Kier molecular flexibility index (Phi) is 32.1. The van der Waals surface area contributed by atoms with Crippen LogP contribution in [0.3, 0.4) is 0 Å². The van der Waals surface area contributed by atoms with Crippen LogP contribution in [0.5, 0.6) is 0 Å². The number of allylic oxidation sites excluding steroid dienone is 2. The van der Waals surface area contributed by atoms with Gasteiger partial charge in [-0.15, -0.1) is 0 Å². The van der Waals surface area contributed by atoms with Gasteiger partial charge in [0, 0.05) is 73.5 Å². The van der Waals surface area contributed by atoms with Crippen LogP contribution in [-0.4, -0.2) is 213 Å². The van der Waals surface area contributed by atoms with E-state index in [-0.39, 0.29) is 56.4 Å². The van der Waals surface area contributed by atoms with Crippen molar-refractivity contribution in [2.75, 3.05) is 48.8 Å². The maximum Gasteiger partial charge on any atom is 0.246 e. The molecule has 13 atom stereocenters. The summed E-state index contributed by atoms with van der Waals surface area (Å²) in [6, 6.07) is -10.6. The summed E-state index contributed by atoms with van der Waals surface area (Å²) in [6.45, 7) is 33.4. The molecule has 9 amide bonds. The number of aliphatic hydroxyl groups excluding tert-OH is 1. The number of nitrogens with zero attached hydrogens (tertiary/aromatic N) is 7. The molecule has 1 aliphatic heterocycles. The zero-order valence-corrected chi connectivity index (χ0v) is 57.3. The van der Waals surface area contributed by atoms with E-state index in [0.717, 1.165) is 4.90 Å². The highest BCUT2D eigenvalue weighted by atomic mass is 16.3. The van der Waals surface area contributed by atoms with E-state index in [4.69, 9.17) is 0 Å². The second-order valence-corrected chi connectivity index (χ2v) is 26.8.